The Balaban J connectivity index is 0.00000363. The van der Waals surface area contributed by atoms with Gasteiger partial charge < -0.3 is 14.2 Å². The molecule has 2 amide bonds. The number of rotatable bonds is 8. The van der Waals surface area contributed by atoms with Gasteiger partial charge in [0.05, 0.1) is 11.1 Å². The van der Waals surface area contributed by atoms with Crippen LogP contribution in [0.4, 0.5) is 0 Å². The third kappa shape index (κ3) is 5.86. The summed E-state index contributed by atoms with van der Waals surface area (Å²) in [5.74, 6) is -1.50. The highest BCUT2D eigenvalue weighted by Gasteiger charge is 2.40. The highest BCUT2D eigenvalue weighted by Crippen LogP contribution is 2.25. The fourth-order valence-corrected chi connectivity index (χ4v) is 2.74. The van der Waals surface area contributed by atoms with E-state index in [4.69, 9.17) is 19.0 Å². The molecule has 0 saturated carbocycles. The zero-order chi connectivity index (χ0) is 22.6. The quantitative estimate of drug-likeness (QED) is 0.335. The number of esters is 1. The maximum absolute atomic E-state index is 12.7. The number of benzene rings is 2. The van der Waals surface area contributed by atoms with Crippen LogP contribution in [-0.2, 0) is 19.2 Å². The van der Waals surface area contributed by atoms with E-state index in [0.29, 0.717) is 23.0 Å². The summed E-state index contributed by atoms with van der Waals surface area (Å²) < 4.78 is 15.6. The molecule has 0 fully saturated rings. The fourth-order valence-electron chi connectivity index (χ4n) is 2.74. The van der Waals surface area contributed by atoms with E-state index in [1.165, 1.54) is 36.4 Å². The van der Waals surface area contributed by atoms with Gasteiger partial charge in [0.25, 0.3) is 18.3 Å². The van der Waals surface area contributed by atoms with E-state index < -0.39 is 29.5 Å². The molecule has 0 bridgehead atoms. The molecule has 10 heteroatoms. The molecule has 3 rings (SSSR count). The molecule has 0 saturated heterocycles. The Morgan fingerprint density at radius 3 is 2.00 bits per heavy atom. The summed E-state index contributed by atoms with van der Waals surface area (Å²) >= 11 is 0. The molecule has 0 aromatic heterocycles. The van der Waals surface area contributed by atoms with Crippen molar-refractivity contribution in [3.05, 3.63) is 59.7 Å². The van der Waals surface area contributed by atoms with Crippen molar-refractivity contribution in [1.29, 1.82) is 0 Å². The first kappa shape index (κ1) is 24.9. The minimum absolute atomic E-state index is 0. The van der Waals surface area contributed by atoms with Gasteiger partial charge in [0.1, 0.15) is 23.7 Å². The SMILES string of the molecule is CC(C)(C)OC(=O)[C@H](COc1ccc(OC=O)cc1)ON1C(=O)c2ccccc2C1=O.S. The largest absolute Gasteiger partial charge is 0.490 e. The maximum atomic E-state index is 12.7. The van der Waals surface area contributed by atoms with E-state index in [2.05, 4.69) is 0 Å². The number of hydrogen-bond acceptors (Lipinski definition) is 8. The van der Waals surface area contributed by atoms with Gasteiger partial charge in [0.2, 0.25) is 6.10 Å². The van der Waals surface area contributed by atoms with Crippen LogP contribution in [-0.4, -0.2) is 47.6 Å². The summed E-state index contributed by atoms with van der Waals surface area (Å²) in [6, 6.07) is 12.3. The molecule has 1 aliphatic heterocycles. The van der Waals surface area contributed by atoms with Gasteiger partial charge in [-0.05, 0) is 57.2 Å². The lowest BCUT2D eigenvalue weighted by atomic mass is 10.1. The molecule has 1 heterocycles. The summed E-state index contributed by atoms with van der Waals surface area (Å²) in [5.41, 5.74) is -0.460. The second-order valence-corrected chi connectivity index (χ2v) is 7.57. The summed E-state index contributed by atoms with van der Waals surface area (Å²) in [7, 11) is 0. The van der Waals surface area contributed by atoms with E-state index in [0.717, 1.165) is 0 Å². The average molecular weight is 461 g/mol. The number of nitrogens with zero attached hydrogens (tertiary/aromatic N) is 1. The standard InChI is InChI=1S/C22H21NO8.H2S/c1-22(2,3)30-21(27)18(12-28-14-8-10-15(11-9-14)29-13-24)31-23-19(25)16-6-4-5-7-17(16)20(23)26;/h4-11,13,18H,12H2,1-3H3;1H2/t18-;/m0./s1. The molecule has 170 valence electrons. The zero-order valence-electron chi connectivity index (χ0n) is 17.7. The number of carbonyl (C=O) groups is 4. The van der Waals surface area contributed by atoms with Crippen LogP contribution in [0.2, 0.25) is 0 Å². The van der Waals surface area contributed by atoms with Crippen molar-refractivity contribution in [1.82, 2.24) is 5.06 Å². The number of hydroxylamine groups is 2. The van der Waals surface area contributed by atoms with E-state index in [-0.39, 0.29) is 31.2 Å². The van der Waals surface area contributed by atoms with Crippen LogP contribution in [0.3, 0.4) is 0 Å². The van der Waals surface area contributed by atoms with Crippen LogP contribution in [0.5, 0.6) is 11.5 Å². The molecular formula is C22H23NO8S. The van der Waals surface area contributed by atoms with Crippen molar-refractivity contribution in [3.8, 4) is 11.5 Å². The number of carbonyl (C=O) groups excluding carboxylic acids is 4. The Morgan fingerprint density at radius 1 is 0.969 bits per heavy atom. The van der Waals surface area contributed by atoms with E-state index in [1.54, 1.807) is 32.9 Å². The number of hydrogen-bond donors (Lipinski definition) is 0. The normalized spacial score (nSPS) is 13.7. The molecule has 2 aromatic rings. The van der Waals surface area contributed by atoms with Gasteiger partial charge in [-0.15, -0.1) is 5.06 Å². The molecule has 9 nitrogen and oxygen atoms in total. The van der Waals surface area contributed by atoms with Gasteiger partial charge >= 0.3 is 5.97 Å². The van der Waals surface area contributed by atoms with Crippen molar-refractivity contribution < 1.29 is 38.2 Å². The summed E-state index contributed by atoms with van der Waals surface area (Å²) in [6.45, 7) is 4.99. The van der Waals surface area contributed by atoms with Crippen LogP contribution in [0.1, 0.15) is 41.5 Å². The molecule has 32 heavy (non-hydrogen) atoms. The summed E-state index contributed by atoms with van der Waals surface area (Å²) in [6.07, 6.45) is -1.40. The van der Waals surface area contributed by atoms with Gasteiger partial charge in [-0.2, -0.15) is 13.5 Å². The molecule has 2 aromatic carbocycles. The van der Waals surface area contributed by atoms with Crippen LogP contribution in [0.15, 0.2) is 48.5 Å². The van der Waals surface area contributed by atoms with Crippen molar-refractivity contribution in [2.75, 3.05) is 6.61 Å². The van der Waals surface area contributed by atoms with E-state index in [9.17, 15) is 19.2 Å². The molecule has 1 atom stereocenters. The molecule has 0 spiro atoms. The van der Waals surface area contributed by atoms with Gasteiger partial charge in [0, 0.05) is 0 Å². The monoisotopic (exact) mass is 461 g/mol. The Hall–Kier alpha value is -3.37. The molecule has 0 unspecified atom stereocenters. The maximum Gasteiger partial charge on any atom is 0.342 e. The van der Waals surface area contributed by atoms with Crippen LogP contribution >= 0.6 is 13.5 Å². The van der Waals surface area contributed by atoms with Gasteiger partial charge in [-0.1, -0.05) is 12.1 Å². The zero-order valence-corrected chi connectivity index (χ0v) is 18.7. The van der Waals surface area contributed by atoms with Crippen LogP contribution < -0.4 is 9.47 Å². The lowest BCUT2D eigenvalue weighted by Crippen LogP contribution is -2.43. The molecule has 0 aliphatic carbocycles. The van der Waals surface area contributed by atoms with Crippen molar-refractivity contribution in [2.45, 2.75) is 32.5 Å². The average Bonchev–Trinajstić information content (AvgIpc) is 2.96. The molecule has 0 N–H and O–H groups in total. The van der Waals surface area contributed by atoms with E-state index in [1.807, 2.05) is 0 Å². The molecule has 0 radical (unpaired) electrons. The van der Waals surface area contributed by atoms with E-state index >= 15 is 0 Å². The topological polar surface area (TPSA) is 108 Å². The summed E-state index contributed by atoms with van der Waals surface area (Å²) in [5, 5.41) is 0.545. The smallest absolute Gasteiger partial charge is 0.342 e. The highest BCUT2D eigenvalue weighted by molar-refractivity contribution is 7.59. The lowest BCUT2D eigenvalue weighted by molar-refractivity contribution is -0.193. The number of imide groups is 1. The Kier molecular flexibility index (Phi) is 8.01. The second kappa shape index (κ2) is 10.3. The van der Waals surface area contributed by atoms with Gasteiger partial charge in [-0.3, -0.25) is 14.4 Å². The van der Waals surface area contributed by atoms with Crippen molar-refractivity contribution >= 4 is 37.8 Å². The minimum atomic E-state index is -1.40. The van der Waals surface area contributed by atoms with Crippen molar-refractivity contribution in [3.63, 3.8) is 0 Å². The first-order chi connectivity index (χ1) is 14.7. The van der Waals surface area contributed by atoms with Crippen LogP contribution in [0.25, 0.3) is 0 Å². The lowest BCUT2D eigenvalue weighted by Gasteiger charge is -2.26. The first-order valence-electron chi connectivity index (χ1n) is 9.40. The minimum Gasteiger partial charge on any atom is -0.490 e. The second-order valence-electron chi connectivity index (χ2n) is 7.57. The van der Waals surface area contributed by atoms with Crippen LogP contribution in [0, 0.1) is 0 Å². The molecular weight excluding hydrogens is 438 g/mol. The third-order valence-electron chi connectivity index (χ3n) is 4.07. The number of fused-ring (bicyclic) bond motifs is 1. The highest BCUT2D eigenvalue weighted by atomic mass is 32.1. The fraction of sp³-hybridized carbons (Fsp3) is 0.273. The predicted molar refractivity (Wildman–Crippen MR) is 117 cm³/mol. The van der Waals surface area contributed by atoms with Gasteiger partial charge in [-0.25, -0.2) is 9.63 Å². The molecule has 1 aliphatic rings. The third-order valence-corrected chi connectivity index (χ3v) is 4.07. The number of amides is 2. The predicted octanol–water partition coefficient (Wildman–Crippen LogP) is 2.65. The Morgan fingerprint density at radius 2 is 1.50 bits per heavy atom. The summed E-state index contributed by atoms with van der Waals surface area (Å²) in [4.78, 5) is 53.7. The first-order valence-corrected chi connectivity index (χ1v) is 9.40. The number of ether oxygens (including phenoxy) is 3. The Bertz CT molecular complexity index is 965. The van der Waals surface area contributed by atoms with Gasteiger partial charge in [0.15, 0.2) is 0 Å². The van der Waals surface area contributed by atoms with Crippen molar-refractivity contribution in [2.24, 2.45) is 0 Å². The Labute approximate surface area is 191 Å².